The fourth-order valence-corrected chi connectivity index (χ4v) is 2.96. The van der Waals surface area contributed by atoms with Crippen LogP contribution in [0.4, 0.5) is 0 Å². The number of rotatable bonds is 9. The highest BCUT2D eigenvalue weighted by molar-refractivity contribution is 6.03. The highest BCUT2D eigenvalue weighted by atomic mass is 16.2. The number of benzene rings is 2. The molecular formula is C24H32N10O2. The fraction of sp³-hybridized carbons (Fsp3) is 0.250. The molecule has 10 N–H and O–H groups in total. The van der Waals surface area contributed by atoms with Crippen LogP contribution in [-0.4, -0.2) is 47.2 Å². The van der Waals surface area contributed by atoms with E-state index in [1.807, 2.05) is 13.8 Å². The first kappa shape index (κ1) is 27.5. The van der Waals surface area contributed by atoms with Gasteiger partial charge in [-0.1, -0.05) is 24.3 Å². The zero-order valence-electron chi connectivity index (χ0n) is 20.7. The lowest BCUT2D eigenvalue weighted by molar-refractivity contribution is 0.0892. The van der Waals surface area contributed by atoms with E-state index in [4.69, 9.17) is 22.9 Å². The van der Waals surface area contributed by atoms with E-state index in [9.17, 15) is 9.59 Å². The summed E-state index contributed by atoms with van der Waals surface area (Å²) in [6, 6.07) is 13.0. The van der Waals surface area contributed by atoms with Crippen LogP contribution in [0, 0.1) is 0 Å². The van der Waals surface area contributed by atoms with Gasteiger partial charge in [0.1, 0.15) is 0 Å². The van der Waals surface area contributed by atoms with E-state index in [1.165, 1.54) is 0 Å². The van der Waals surface area contributed by atoms with E-state index in [0.29, 0.717) is 28.1 Å². The van der Waals surface area contributed by atoms with Gasteiger partial charge in [0.25, 0.3) is 11.8 Å². The van der Waals surface area contributed by atoms with Crippen molar-refractivity contribution in [3.8, 4) is 0 Å². The Balaban J connectivity index is 2.01. The van der Waals surface area contributed by atoms with Gasteiger partial charge in [-0.2, -0.15) is 10.2 Å². The van der Waals surface area contributed by atoms with Gasteiger partial charge >= 0.3 is 0 Å². The van der Waals surface area contributed by atoms with Crippen molar-refractivity contribution in [1.29, 1.82) is 0 Å². The Hall–Kier alpha value is -4.74. The molecule has 2 amide bonds. The number of carbonyl (C=O) groups is 2. The highest BCUT2D eigenvalue weighted by Crippen LogP contribution is 2.10. The van der Waals surface area contributed by atoms with Crippen molar-refractivity contribution >= 4 is 35.2 Å². The summed E-state index contributed by atoms with van der Waals surface area (Å²) in [5.41, 5.74) is 24.7. The minimum absolute atomic E-state index is 0.139. The topological polar surface area (TPSA) is 212 Å². The predicted octanol–water partition coefficient (Wildman–Crippen LogP) is 0.618. The molecular weight excluding hydrogens is 460 g/mol. The molecule has 2 atom stereocenters. The lowest BCUT2D eigenvalue weighted by Gasteiger charge is -2.23. The summed E-state index contributed by atoms with van der Waals surface area (Å²) in [6.07, 6.45) is 0. The first-order valence-electron chi connectivity index (χ1n) is 11.1. The number of nitrogens with two attached hydrogens (primary N) is 4. The standard InChI is InChI=1S/C24H32N10O2/c1-13(29-21(35)18-10-8-17(9-11-18)15(3)31-33-23(25)26)14(2)30-22(36)20-7-5-6-19(12-20)16(4)32-34-24(27)28/h5-14H,1-4H3,(H,29,35)(H,30,36)(H4,25,26,33)(H4,27,28,34)/b31-15+,32-16+/t13?,14-/m1/s1. The van der Waals surface area contributed by atoms with E-state index in [0.717, 1.165) is 5.56 Å². The third kappa shape index (κ3) is 8.24. The number of hydrogen-bond donors (Lipinski definition) is 6. The summed E-state index contributed by atoms with van der Waals surface area (Å²) in [4.78, 5) is 25.5. The molecule has 0 radical (unpaired) electrons. The van der Waals surface area contributed by atoms with Crippen molar-refractivity contribution in [2.45, 2.75) is 39.8 Å². The van der Waals surface area contributed by atoms with Crippen LogP contribution in [0.2, 0.25) is 0 Å². The molecule has 0 bridgehead atoms. The van der Waals surface area contributed by atoms with Crippen LogP contribution in [0.3, 0.4) is 0 Å². The zero-order valence-corrected chi connectivity index (χ0v) is 20.7. The maximum absolute atomic E-state index is 12.8. The van der Waals surface area contributed by atoms with Gasteiger partial charge in [-0.05, 0) is 63.1 Å². The van der Waals surface area contributed by atoms with Gasteiger partial charge in [0.05, 0.1) is 11.4 Å². The molecule has 0 aliphatic carbocycles. The highest BCUT2D eigenvalue weighted by Gasteiger charge is 2.19. The molecule has 2 aromatic carbocycles. The van der Waals surface area contributed by atoms with Gasteiger partial charge in [0.15, 0.2) is 0 Å². The normalized spacial score (nSPS) is 13.2. The van der Waals surface area contributed by atoms with Crippen molar-refractivity contribution in [3.05, 3.63) is 70.8 Å². The van der Waals surface area contributed by atoms with Crippen LogP contribution < -0.4 is 33.6 Å². The van der Waals surface area contributed by atoms with Crippen molar-refractivity contribution in [2.24, 2.45) is 43.3 Å². The molecule has 0 saturated heterocycles. The number of nitrogens with one attached hydrogen (secondary N) is 2. The van der Waals surface area contributed by atoms with Crippen molar-refractivity contribution < 1.29 is 9.59 Å². The largest absolute Gasteiger partial charge is 0.369 e. The van der Waals surface area contributed by atoms with E-state index in [2.05, 4.69) is 31.0 Å². The Kier molecular flexibility index (Phi) is 9.66. The summed E-state index contributed by atoms with van der Waals surface area (Å²) in [7, 11) is 0. The summed E-state index contributed by atoms with van der Waals surface area (Å²) in [6.45, 7) is 7.10. The number of nitrogens with zero attached hydrogens (tertiary/aromatic N) is 4. The first-order valence-corrected chi connectivity index (χ1v) is 11.1. The van der Waals surface area contributed by atoms with Crippen LogP contribution >= 0.6 is 0 Å². The lowest BCUT2D eigenvalue weighted by Crippen LogP contribution is -2.48. The third-order valence-corrected chi connectivity index (χ3v) is 5.21. The molecule has 2 rings (SSSR count). The Morgan fingerprint density at radius 3 is 1.56 bits per heavy atom. The van der Waals surface area contributed by atoms with Gasteiger partial charge in [0.2, 0.25) is 11.9 Å². The molecule has 0 saturated carbocycles. The Morgan fingerprint density at radius 2 is 1.06 bits per heavy atom. The number of guanidine groups is 2. The molecule has 0 aliphatic rings. The van der Waals surface area contributed by atoms with E-state index < -0.39 is 0 Å². The minimum atomic E-state index is -0.352. The smallest absolute Gasteiger partial charge is 0.251 e. The molecule has 1 unspecified atom stereocenters. The molecule has 0 aromatic heterocycles. The second-order valence-electron chi connectivity index (χ2n) is 8.10. The minimum Gasteiger partial charge on any atom is -0.369 e. The first-order chi connectivity index (χ1) is 17.0. The Labute approximate surface area is 209 Å². The fourth-order valence-electron chi connectivity index (χ4n) is 2.96. The molecule has 0 spiro atoms. The lowest BCUT2D eigenvalue weighted by atomic mass is 10.1. The Morgan fingerprint density at radius 1 is 0.639 bits per heavy atom. The number of carbonyl (C=O) groups excluding carboxylic acids is 2. The SMILES string of the molecule is C/C(=N\N=C(N)N)c1ccc(C(=O)NC(C)[C@@H](C)NC(=O)c2cccc(/C(C)=N/N=C(N)N)c2)cc1. The van der Waals surface area contributed by atoms with Crippen LogP contribution in [0.5, 0.6) is 0 Å². The molecule has 2 aromatic rings. The van der Waals surface area contributed by atoms with Crippen LogP contribution in [-0.2, 0) is 0 Å². The molecule has 190 valence electrons. The summed E-state index contributed by atoms with van der Waals surface area (Å²) < 4.78 is 0. The molecule has 12 heteroatoms. The number of hydrogen-bond acceptors (Lipinski definition) is 6. The quantitative estimate of drug-likeness (QED) is 0.167. The van der Waals surface area contributed by atoms with Crippen molar-refractivity contribution in [3.63, 3.8) is 0 Å². The van der Waals surface area contributed by atoms with E-state index in [-0.39, 0.29) is 35.8 Å². The molecule has 0 fully saturated rings. The average molecular weight is 493 g/mol. The molecule has 0 heterocycles. The maximum atomic E-state index is 12.8. The monoisotopic (exact) mass is 492 g/mol. The van der Waals surface area contributed by atoms with Gasteiger partial charge in [-0.15, -0.1) is 10.2 Å². The second kappa shape index (κ2) is 12.6. The van der Waals surface area contributed by atoms with Crippen LogP contribution in [0.15, 0.2) is 68.9 Å². The van der Waals surface area contributed by atoms with Gasteiger partial charge < -0.3 is 33.6 Å². The maximum Gasteiger partial charge on any atom is 0.251 e. The predicted molar refractivity (Wildman–Crippen MR) is 143 cm³/mol. The summed E-state index contributed by atoms with van der Waals surface area (Å²) in [5, 5.41) is 20.9. The van der Waals surface area contributed by atoms with Crippen molar-refractivity contribution in [1.82, 2.24) is 10.6 Å². The number of amides is 2. The molecule has 36 heavy (non-hydrogen) atoms. The Bertz CT molecular complexity index is 1210. The zero-order chi connectivity index (χ0) is 26.8. The molecule has 0 aliphatic heterocycles. The molecule has 12 nitrogen and oxygen atoms in total. The second-order valence-corrected chi connectivity index (χ2v) is 8.10. The van der Waals surface area contributed by atoms with E-state index in [1.54, 1.807) is 62.4 Å². The summed E-state index contributed by atoms with van der Waals surface area (Å²) in [5.74, 6) is -0.863. The van der Waals surface area contributed by atoms with Gasteiger partial charge in [0, 0.05) is 23.2 Å². The summed E-state index contributed by atoms with van der Waals surface area (Å²) >= 11 is 0. The van der Waals surface area contributed by atoms with Gasteiger partial charge in [-0.25, -0.2) is 0 Å². The van der Waals surface area contributed by atoms with Crippen molar-refractivity contribution in [2.75, 3.05) is 0 Å². The average Bonchev–Trinajstić information content (AvgIpc) is 2.85. The van der Waals surface area contributed by atoms with Crippen LogP contribution in [0.25, 0.3) is 0 Å². The van der Waals surface area contributed by atoms with E-state index >= 15 is 0 Å². The van der Waals surface area contributed by atoms with Gasteiger partial charge in [-0.3, -0.25) is 9.59 Å². The van der Waals surface area contributed by atoms with Crippen LogP contribution in [0.1, 0.15) is 59.5 Å². The third-order valence-electron chi connectivity index (χ3n) is 5.21.